The van der Waals surface area contributed by atoms with Gasteiger partial charge < -0.3 is 20.1 Å². The summed E-state index contributed by atoms with van der Waals surface area (Å²) in [6.45, 7) is 4.79. The molecule has 0 fully saturated rings. The monoisotopic (exact) mass is 681 g/mol. The van der Waals surface area contributed by atoms with Crippen molar-refractivity contribution in [2.75, 3.05) is 24.3 Å². The molecule has 3 heterocycles. The molecule has 2 amide bonds. The second-order valence-corrected chi connectivity index (χ2v) is 11.9. The van der Waals surface area contributed by atoms with Crippen LogP contribution in [0.15, 0.2) is 46.9 Å². The molecule has 238 valence electrons. The average molecular weight is 682 g/mol. The molecule has 0 spiro atoms. The number of carbonyl (C=O) groups is 4. The number of nitrogens with one attached hydrogen (secondary N) is 2. The fourth-order valence-corrected chi connectivity index (χ4v) is 6.49. The van der Waals surface area contributed by atoms with E-state index in [0.29, 0.717) is 10.4 Å². The number of benzene rings is 1. The predicted molar refractivity (Wildman–Crippen MR) is 162 cm³/mol. The van der Waals surface area contributed by atoms with Crippen molar-refractivity contribution < 1.29 is 41.8 Å². The Morgan fingerprint density at radius 3 is 2.42 bits per heavy atom. The number of aromatic nitrogens is 3. The smallest absolute Gasteiger partial charge is 0.416 e. The topological polar surface area (TPSA) is 142 Å². The minimum Gasteiger partial charge on any atom is -0.462 e. The van der Waals surface area contributed by atoms with Crippen LogP contribution in [-0.4, -0.2) is 57.5 Å². The number of hydrogen-bond acceptors (Lipinski definition) is 11. The van der Waals surface area contributed by atoms with E-state index in [-0.39, 0.29) is 57.6 Å². The van der Waals surface area contributed by atoms with Crippen LogP contribution in [-0.2, 0) is 27.0 Å². The third-order valence-electron chi connectivity index (χ3n) is 5.96. The van der Waals surface area contributed by atoms with E-state index < -0.39 is 35.5 Å². The maximum absolute atomic E-state index is 13.5. The largest absolute Gasteiger partial charge is 0.462 e. The summed E-state index contributed by atoms with van der Waals surface area (Å²) >= 11 is 2.94. The Labute approximate surface area is 267 Å². The van der Waals surface area contributed by atoms with Crippen LogP contribution in [0.25, 0.3) is 5.69 Å². The molecule has 11 nitrogen and oxygen atoms in total. The van der Waals surface area contributed by atoms with Crippen molar-refractivity contribution in [3.05, 3.63) is 74.0 Å². The van der Waals surface area contributed by atoms with E-state index in [1.54, 1.807) is 31.4 Å². The lowest BCUT2D eigenvalue weighted by Gasteiger charge is -2.13. The maximum Gasteiger partial charge on any atom is 0.416 e. The summed E-state index contributed by atoms with van der Waals surface area (Å²) in [5.41, 5.74) is -0.541. The number of thiophene rings is 2. The Morgan fingerprint density at radius 1 is 1.02 bits per heavy atom. The minimum absolute atomic E-state index is 0.0131. The molecule has 0 saturated heterocycles. The van der Waals surface area contributed by atoms with E-state index >= 15 is 0 Å². The van der Waals surface area contributed by atoms with Gasteiger partial charge in [-0.3, -0.25) is 14.2 Å². The number of carbonyl (C=O) groups excluding carboxylic acids is 4. The number of nitrogens with zero attached hydrogens (tertiary/aromatic N) is 3. The van der Waals surface area contributed by atoms with Gasteiger partial charge in [-0.2, -0.15) is 13.2 Å². The first kappa shape index (κ1) is 33.7. The lowest BCUT2D eigenvalue weighted by molar-refractivity contribution is -0.137. The van der Waals surface area contributed by atoms with Crippen molar-refractivity contribution >= 4 is 63.2 Å². The van der Waals surface area contributed by atoms with E-state index in [0.717, 1.165) is 35.2 Å². The molecule has 3 aromatic heterocycles. The third kappa shape index (κ3) is 8.09. The van der Waals surface area contributed by atoms with Gasteiger partial charge in [-0.25, -0.2) is 9.59 Å². The first-order valence-corrected chi connectivity index (χ1v) is 16.0. The molecule has 4 aromatic rings. The second kappa shape index (κ2) is 14.7. The first-order valence-electron chi connectivity index (χ1n) is 13.3. The molecule has 4 rings (SSSR count). The highest BCUT2D eigenvalue weighted by Crippen LogP contribution is 2.35. The van der Waals surface area contributed by atoms with Gasteiger partial charge in [0.05, 0.1) is 47.2 Å². The molecule has 17 heteroatoms. The van der Waals surface area contributed by atoms with Crippen molar-refractivity contribution in [1.82, 2.24) is 20.1 Å². The van der Waals surface area contributed by atoms with E-state index in [9.17, 15) is 32.3 Å². The number of esters is 2. The summed E-state index contributed by atoms with van der Waals surface area (Å²) < 4.78 is 52.1. The zero-order chi connectivity index (χ0) is 32.7. The molecule has 0 aliphatic rings. The quantitative estimate of drug-likeness (QED) is 0.142. The highest BCUT2D eigenvalue weighted by Gasteiger charge is 2.31. The van der Waals surface area contributed by atoms with Crippen LogP contribution in [0.1, 0.15) is 60.5 Å². The van der Waals surface area contributed by atoms with Crippen LogP contribution < -0.4 is 10.6 Å². The maximum atomic E-state index is 13.5. The molecule has 0 bridgehead atoms. The number of anilines is 1. The van der Waals surface area contributed by atoms with Crippen molar-refractivity contribution in [2.24, 2.45) is 0 Å². The molecule has 0 aliphatic heterocycles. The van der Waals surface area contributed by atoms with Crippen LogP contribution in [0.4, 0.5) is 18.2 Å². The van der Waals surface area contributed by atoms with Crippen LogP contribution in [0.2, 0.25) is 0 Å². The van der Waals surface area contributed by atoms with Gasteiger partial charge in [-0.1, -0.05) is 23.9 Å². The van der Waals surface area contributed by atoms with Crippen LogP contribution in [0, 0.1) is 6.92 Å². The van der Waals surface area contributed by atoms with Crippen LogP contribution in [0.5, 0.6) is 0 Å². The van der Waals surface area contributed by atoms with Gasteiger partial charge in [0.15, 0.2) is 11.0 Å². The molecular formula is C28H26F3N5O6S3. The number of halogens is 3. The summed E-state index contributed by atoms with van der Waals surface area (Å²) in [6, 6.07) is 7.80. The van der Waals surface area contributed by atoms with Gasteiger partial charge in [-0.05, 0) is 56.0 Å². The lowest BCUT2D eigenvalue weighted by Crippen LogP contribution is -2.24. The summed E-state index contributed by atoms with van der Waals surface area (Å²) in [4.78, 5) is 51.2. The molecule has 0 atom stereocenters. The first-order chi connectivity index (χ1) is 21.4. The summed E-state index contributed by atoms with van der Waals surface area (Å²) in [6.07, 6.45) is -4.62. The zero-order valence-electron chi connectivity index (χ0n) is 24.0. The Bertz CT molecular complexity index is 1700. The molecule has 0 aliphatic carbocycles. The Kier molecular flexibility index (Phi) is 11.0. The standard InChI is InChI=1S/C28H26F3N5O6S3/c1-4-41-25(39)21-15(3)22(26(40)42-5-2)45-24(21)33-20(37)14-44-27-35-34-19(13-32-23(38)18-10-7-11-43-18)36(27)17-9-6-8-16(12-17)28(29,30)31/h6-12H,4-5,13-14H2,1-3H3,(H,32,38)(H,33,37). The van der Waals surface area contributed by atoms with Crippen LogP contribution in [0.3, 0.4) is 0 Å². The SMILES string of the molecule is CCOC(=O)c1sc(NC(=O)CSc2nnc(CNC(=O)c3cccs3)n2-c2cccc(C(F)(F)F)c2)c(C(=O)OCC)c1C. The van der Waals surface area contributed by atoms with Gasteiger partial charge in [0, 0.05) is 0 Å². The number of hydrogen-bond donors (Lipinski definition) is 2. The predicted octanol–water partition coefficient (Wildman–Crippen LogP) is 5.73. The van der Waals surface area contributed by atoms with Crippen molar-refractivity contribution in [2.45, 2.75) is 38.6 Å². The molecule has 45 heavy (non-hydrogen) atoms. The second-order valence-electron chi connectivity index (χ2n) is 8.98. The van der Waals surface area contributed by atoms with Gasteiger partial charge in [0.2, 0.25) is 5.91 Å². The molecule has 2 N–H and O–H groups in total. The summed E-state index contributed by atoms with van der Waals surface area (Å²) in [7, 11) is 0. The Morgan fingerprint density at radius 2 is 1.76 bits per heavy atom. The van der Waals surface area contributed by atoms with Gasteiger partial charge in [0.25, 0.3) is 5.91 Å². The van der Waals surface area contributed by atoms with Crippen molar-refractivity contribution in [1.29, 1.82) is 0 Å². The number of amides is 2. The fraction of sp³-hybridized carbons (Fsp3) is 0.286. The molecule has 0 radical (unpaired) electrons. The molecule has 0 saturated carbocycles. The normalized spacial score (nSPS) is 11.2. The lowest BCUT2D eigenvalue weighted by atomic mass is 10.1. The number of ether oxygens (including phenoxy) is 2. The van der Waals surface area contributed by atoms with E-state index in [2.05, 4.69) is 20.8 Å². The Balaban J connectivity index is 1.59. The summed E-state index contributed by atoms with van der Waals surface area (Å²) in [5, 5.41) is 15.3. The zero-order valence-corrected chi connectivity index (χ0v) is 26.5. The van der Waals surface area contributed by atoms with Crippen molar-refractivity contribution in [3.8, 4) is 5.69 Å². The average Bonchev–Trinajstić information content (AvgIpc) is 3.74. The summed E-state index contributed by atoms with van der Waals surface area (Å²) in [5.74, 6) is -2.57. The van der Waals surface area contributed by atoms with Crippen molar-refractivity contribution in [3.63, 3.8) is 0 Å². The fourth-order valence-electron chi connectivity index (χ4n) is 3.98. The minimum atomic E-state index is -4.62. The molecule has 0 unspecified atom stereocenters. The highest BCUT2D eigenvalue weighted by atomic mass is 32.2. The number of alkyl halides is 3. The third-order valence-corrected chi connectivity index (χ3v) is 8.94. The van der Waals surface area contributed by atoms with Gasteiger partial charge in [-0.15, -0.1) is 32.9 Å². The van der Waals surface area contributed by atoms with E-state index in [1.807, 2.05) is 0 Å². The molecular weight excluding hydrogens is 656 g/mol. The van der Waals surface area contributed by atoms with Gasteiger partial charge >= 0.3 is 18.1 Å². The highest BCUT2D eigenvalue weighted by molar-refractivity contribution is 7.99. The Hall–Kier alpha value is -4.22. The molecule has 1 aromatic carbocycles. The van der Waals surface area contributed by atoms with E-state index in [4.69, 9.17) is 9.47 Å². The van der Waals surface area contributed by atoms with Gasteiger partial charge in [0.1, 0.15) is 9.88 Å². The number of rotatable bonds is 12. The van der Waals surface area contributed by atoms with E-state index in [1.165, 1.54) is 35.0 Å². The van der Waals surface area contributed by atoms with Crippen LogP contribution >= 0.6 is 34.4 Å². The number of thioether (sulfide) groups is 1.